The Morgan fingerprint density at radius 3 is 2.45 bits per heavy atom. The maximum Gasteiger partial charge on any atom is 0.259 e. The molecule has 0 saturated heterocycles. The van der Waals surface area contributed by atoms with Crippen molar-refractivity contribution in [2.45, 2.75) is 27.3 Å². The van der Waals surface area contributed by atoms with Gasteiger partial charge in [-0.3, -0.25) is 4.79 Å². The number of aryl methyl sites for hydroxylation is 2. The fourth-order valence-electron chi connectivity index (χ4n) is 3.51. The molecule has 2 heterocycles. The average Bonchev–Trinajstić information content (AvgIpc) is 3.25. The number of nitrogens with zero attached hydrogens (tertiary/aromatic N) is 4. The minimum atomic E-state index is -0.749. The number of rotatable bonds is 5. The Morgan fingerprint density at radius 1 is 1.06 bits per heavy atom. The Balaban J connectivity index is 1.54. The van der Waals surface area contributed by atoms with Crippen molar-refractivity contribution in [3.05, 3.63) is 94.8 Å². The Labute approximate surface area is 178 Å². The molecule has 0 bridgehead atoms. The SMILES string of the molecule is Cc1nn(-c2ccc(F)cc2F)c(C)c1C(=O)Nc1ccc(Cn2ccnc2C)cc1. The molecule has 0 aliphatic rings. The summed E-state index contributed by atoms with van der Waals surface area (Å²) in [5.41, 5.74) is 3.06. The number of halogens is 2. The van der Waals surface area contributed by atoms with Crippen molar-refractivity contribution in [3.63, 3.8) is 0 Å². The van der Waals surface area contributed by atoms with Gasteiger partial charge >= 0.3 is 0 Å². The van der Waals surface area contributed by atoms with Crippen LogP contribution in [0.3, 0.4) is 0 Å². The molecule has 0 radical (unpaired) electrons. The van der Waals surface area contributed by atoms with Gasteiger partial charge < -0.3 is 9.88 Å². The molecule has 8 heteroatoms. The molecule has 0 atom stereocenters. The van der Waals surface area contributed by atoms with Crippen LogP contribution in [0.4, 0.5) is 14.5 Å². The monoisotopic (exact) mass is 421 g/mol. The summed E-state index contributed by atoms with van der Waals surface area (Å²) in [6.45, 7) is 5.98. The maximum absolute atomic E-state index is 14.2. The zero-order chi connectivity index (χ0) is 22.1. The van der Waals surface area contributed by atoms with E-state index in [1.54, 1.807) is 20.0 Å². The van der Waals surface area contributed by atoms with Gasteiger partial charge in [0.05, 0.1) is 17.0 Å². The van der Waals surface area contributed by atoms with Gasteiger partial charge in [0.25, 0.3) is 5.91 Å². The zero-order valence-electron chi connectivity index (χ0n) is 17.4. The highest BCUT2D eigenvalue weighted by molar-refractivity contribution is 6.05. The first-order chi connectivity index (χ1) is 14.8. The van der Waals surface area contributed by atoms with Crippen LogP contribution in [0.1, 0.15) is 33.1 Å². The lowest BCUT2D eigenvalue weighted by atomic mass is 10.1. The van der Waals surface area contributed by atoms with E-state index >= 15 is 0 Å². The Bertz CT molecular complexity index is 1260. The lowest BCUT2D eigenvalue weighted by Gasteiger charge is -2.09. The molecule has 1 N–H and O–H groups in total. The molecule has 158 valence electrons. The van der Waals surface area contributed by atoms with Gasteiger partial charge in [0.15, 0.2) is 5.82 Å². The fraction of sp³-hybridized carbons (Fsp3) is 0.174. The second-order valence-corrected chi connectivity index (χ2v) is 7.31. The number of imidazole rings is 1. The van der Waals surface area contributed by atoms with E-state index in [0.717, 1.165) is 23.5 Å². The van der Waals surface area contributed by atoms with E-state index in [1.165, 1.54) is 10.7 Å². The number of hydrogen-bond donors (Lipinski definition) is 1. The molecule has 4 aromatic rings. The third kappa shape index (κ3) is 4.09. The van der Waals surface area contributed by atoms with E-state index in [9.17, 15) is 13.6 Å². The quantitative estimate of drug-likeness (QED) is 0.513. The number of carbonyl (C=O) groups excluding carboxylic acids is 1. The molecule has 6 nitrogen and oxygen atoms in total. The van der Waals surface area contributed by atoms with Crippen molar-refractivity contribution < 1.29 is 13.6 Å². The van der Waals surface area contributed by atoms with Crippen molar-refractivity contribution in [1.29, 1.82) is 0 Å². The van der Waals surface area contributed by atoms with Crippen LogP contribution < -0.4 is 5.32 Å². The molecule has 0 aliphatic heterocycles. The number of carbonyl (C=O) groups is 1. The van der Waals surface area contributed by atoms with Crippen LogP contribution in [-0.2, 0) is 6.54 Å². The summed E-state index contributed by atoms with van der Waals surface area (Å²) in [6, 6.07) is 10.8. The summed E-state index contributed by atoms with van der Waals surface area (Å²) in [5, 5.41) is 7.14. The van der Waals surface area contributed by atoms with Gasteiger partial charge in [0.2, 0.25) is 0 Å². The minimum absolute atomic E-state index is 0.0835. The molecular weight excluding hydrogens is 400 g/mol. The molecule has 0 spiro atoms. The molecule has 2 aromatic heterocycles. The van der Waals surface area contributed by atoms with E-state index < -0.39 is 11.6 Å². The topological polar surface area (TPSA) is 64.7 Å². The molecule has 0 fully saturated rings. The molecule has 4 rings (SSSR count). The van der Waals surface area contributed by atoms with E-state index in [2.05, 4.69) is 15.4 Å². The van der Waals surface area contributed by atoms with Gasteiger partial charge in [-0.1, -0.05) is 12.1 Å². The normalized spacial score (nSPS) is 11.0. The summed E-state index contributed by atoms with van der Waals surface area (Å²) in [5.74, 6) is -0.839. The van der Waals surface area contributed by atoms with Gasteiger partial charge in [-0.2, -0.15) is 5.10 Å². The largest absolute Gasteiger partial charge is 0.331 e. The maximum atomic E-state index is 14.2. The molecule has 0 saturated carbocycles. The van der Waals surface area contributed by atoms with Crippen molar-refractivity contribution in [2.24, 2.45) is 0 Å². The standard InChI is InChI=1S/C23H21F2N5O/c1-14-22(15(2)30(28-14)21-9-6-18(24)12-20(21)25)23(31)27-19-7-4-17(5-8-19)13-29-11-10-26-16(29)3/h4-12H,13H2,1-3H3,(H,27,31). The van der Waals surface area contributed by atoms with Crippen LogP contribution in [0.5, 0.6) is 0 Å². The van der Waals surface area contributed by atoms with Gasteiger partial charge in [-0.15, -0.1) is 0 Å². The number of benzene rings is 2. The number of hydrogen-bond acceptors (Lipinski definition) is 3. The summed E-state index contributed by atoms with van der Waals surface area (Å²) < 4.78 is 30.8. The fourth-order valence-corrected chi connectivity index (χ4v) is 3.51. The number of nitrogens with one attached hydrogen (secondary N) is 1. The first-order valence-electron chi connectivity index (χ1n) is 9.73. The lowest BCUT2D eigenvalue weighted by molar-refractivity contribution is 0.102. The number of aromatic nitrogens is 4. The van der Waals surface area contributed by atoms with Gasteiger partial charge in [0, 0.05) is 30.7 Å². The predicted octanol–water partition coefficient (Wildman–Crippen LogP) is 4.57. The van der Waals surface area contributed by atoms with Crippen LogP contribution in [0, 0.1) is 32.4 Å². The molecule has 0 unspecified atom stereocenters. The third-order valence-electron chi connectivity index (χ3n) is 5.14. The van der Waals surface area contributed by atoms with E-state index in [1.807, 2.05) is 42.0 Å². The highest BCUT2D eigenvalue weighted by Crippen LogP contribution is 2.22. The van der Waals surface area contributed by atoms with Crippen LogP contribution in [0.2, 0.25) is 0 Å². The van der Waals surface area contributed by atoms with Gasteiger partial charge in [-0.05, 0) is 50.6 Å². The number of anilines is 1. The van der Waals surface area contributed by atoms with E-state index in [-0.39, 0.29) is 11.6 Å². The Kier molecular flexibility index (Phi) is 5.37. The summed E-state index contributed by atoms with van der Waals surface area (Å²) in [7, 11) is 0. The van der Waals surface area contributed by atoms with Crippen molar-refractivity contribution in [1.82, 2.24) is 19.3 Å². The smallest absolute Gasteiger partial charge is 0.259 e. The Morgan fingerprint density at radius 2 is 1.81 bits per heavy atom. The van der Waals surface area contributed by atoms with Gasteiger partial charge in [-0.25, -0.2) is 18.4 Å². The average molecular weight is 421 g/mol. The van der Waals surface area contributed by atoms with Crippen LogP contribution in [0.15, 0.2) is 54.9 Å². The minimum Gasteiger partial charge on any atom is -0.331 e. The first-order valence-corrected chi connectivity index (χ1v) is 9.73. The summed E-state index contributed by atoms with van der Waals surface area (Å²) >= 11 is 0. The second-order valence-electron chi connectivity index (χ2n) is 7.31. The third-order valence-corrected chi connectivity index (χ3v) is 5.14. The Hall–Kier alpha value is -3.81. The summed E-state index contributed by atoms with van der Waals surface area (Å²) in [4.78, 5) is 17.1. The predicted molar refractivity (Wildman–Crippen MR) is 113 cm³/mol. The lowest BCUT2D eigenvalue weighted by Crippen LogP contribution is -2.14. The summed E-state index contributed by atoms with van der Waals surface area (Å²) in [6.07, 6.45) is 3.67. The van der Waals surface area contributed by atoms with Crippen LogP contribution >= 0.6 is 0 Å². The van der Waals surface area contributed by atoms with Crippen molar-refractivity contribution in [2.75, 3.05) is 5.32 Å². The molecular formula is C23H21F2N5O. The molecule has 31 heavy (non-hydrogen) atoms. The zero-order valence-corrected chi connectivity index (χ0v) is 17.4. The van der Waals surface area contributed by atoms with E-state index in [0.29, 0.717) is 29.2 Å². The first kappa shape index (κ1) is 20.5. The molecule has 2 aromatic carbocycles. The van der Waals surface area contributed by atoms with Crippen molar-refractivity contribution in [3.8, 4) is 5.69 Å². The van der Waals surface area contributed by atoms with Crippen LogP contribution in [0.25, 0.3) is 5.69 Å². The van der Waals surface area contributed by atoms with Gasteiger partial charge in [0.1, 0.15) is 17.3 Å². The van der Waals surface area contributed by atoms with E-state index in [4.69, 9.17) is 0 Å². The highest BCUT2D eigenvalue weighted by atomic mass is 19.1. The van der Waals surface area contributed by atoms with Crippen LogP contribution in [-0.4, -0.2) is 25.2 Å². The highest BCUT2D eigenvalue weighted by Gasteiger charge is 2.21. The second kappa shape index (κ2) is 8.14. The number of amides is 1. The molecule has 1 amide bonds. The van der Waals surface area contributed by atoms with Crippen molar-refractivity contribution >= 4 is 11.6 Å². The molecule has 0 aliphatic carbocycles.